The Morgan fingerprint density at radius 1 is 1.12 bits per heavy atom. The molecule has 2 amide bonds. The van der Waals surface area contributed by atoms with Crippen LogP contribution in [0.4, 0.5) is 15.8 Å². The minimum atomic E-state index is -0.217. The largest absolute Gasteiger partial charge is 0.326 e. The molecular formula is C28H35FN2O2. The summed E-state index contributed by atoms with van der Waals surface area (Å²) in [4.78, 5) is 26.8. The van der Waals surface area contributed by atoms with E-state index < -0.39 is 0 Å². The number of carbonyl (C=O) groups is 2. The highest BCUT2D eigenvalue weighted by Gasteiger charge is 2.29. The Kier molecular flexibility index (Phi) is 6.87. The molecule has 2 aromatic rings. The molecule has 176 valence electrons. The number of anilines is 2. The number of carbonyl (C=O) groups excluding carboxylic acids is 2. The van der Waals surface area contributed by atoms with Gasteiger partial charge in [-0.2, -0.15) is 0 Å². The zero-order valence-electron chi connectivity index (χ0n) is 20.2. The average Bonchev–Trinajstić information content (AvgIpc) is 3.24. The van der Waals surface area contributed by atoms with Crippen LogP contribution in [-0.4, -0.2) is 18.4 Å². The summed E-state index contributed by atoms with van der Waals surface area (Å²) in [6.45, 7) is 8.73. The molecule has 2 atom stereocenters. The Balaban J connectivity index is 1.45. The van der Waals surface area contributed by atoms with Crippen molar-refractivity contribution in [1.82, 2.24) is 0 Å². The molecule has 1 unspecified atom stereocenters. The van der Waals surface area contributed by atoms with Crippen molar-refractivity contribution >= 4 is 23.2 Å². The molecule has 1 aliphatic heterocycles. The van der Waals surface area contributed by atoms with E-state index in [2.05, 4.69) is 19.2 Å². The molecule has 33 heavy (non-hydrogen) atoms. The Hall–Kier alpha value is -2.69. The lowest BCUT2D eigenvalue weighted by Crippen LogP contribution is -2.37. The summed E-state index contributed by atoms with van der Waals surface area (Å²) in [5, 5.41) is 2.89. The lowest BCUT2D eigenvalue weighted by molar-refractivity contribution is -0.118. The van der Waals surface area contributed by atoms with Crippen molar-refractivity contribution in [2.45, 2.75) is 59.8 Å². The van der Waals surface area contributed by atoms with Crippen molar-refractivity contribution in [1.29, 1.82) is 0 Å². The summed E-state index contributed by atoms with van der Waals surface area (Å²) in [5.41, 5.74) is 3.59. The third kappa shape index (κ3) is 5.13. The van der Waals surface area contributed by atoms with Crippen molar-refractivity contribution in [3.63, 3.8) is 0 Å². The van der Waals surface area contributed by atoms with Gasteiger partial charge in [-0.05, 0) is 91.3 Å². The van der Waals surface area contributed by atoms with Gasteiger partial charge >= 0.3 is 0 Å². The fourth-order valence-electron chi connectivity index (χ4n) is 5.18. The van der Waals surface area contributed by atoms with E-state index >= 15 is 0 Å². The standard InChI is InChI=1S/C28H35FN2O2/c1-17(2)20-6-5-19(13-20)14-22-7-9-24(16-26(22)29)31-12-11-21-15-23(30-27(32)18(3)4)8-10-25(21)28(31)33/h7-10,15-20H,5-6,11-14H2,1-4H3,(H,30,32)/t19?,20-/m1/s1. The van der Waals surface area contributed by atoms with Gasteiger partial charge in [0.05, 0.1) is 0 Å². The van der Waals surface area contributed by atoms with E-state index in [0.717, 1.165) is 23.5 Å². The molecule has 2 aliphatic rings. The SMILES string of the molecule is CC(C)C(=O)Nc1ccc2c(c1)CCN(c1ccc(CC3CC[C@@H](C(C)C)C3)c(F)c1)C2=O. The molecule has 0 bridgehead atoms. The Morgan fingerprint density at radius 2 is 1.91 bits per heavy atom. The van der Waals surface area contributed by atoms with E-state index in [-0.39, 0.29) is 23.5 Å². The molecular weight excluding hydrogens is 415 g/mol. The first-order valence-corrected chi connectivity index (χ1v) is 12.3. The topological polar surface area (TPSA) is 49.4 Å². The van der Waals surface area contributed by atoms with E-state index in [4.69, 9.17) is 0 Å². The van der Waals surface area contributed by atoms with E-state index in [1.165, 1.54) is 25.3 Å². The van der Waals surface area contributed by atoms with Gasteiger partial charge in [-0.1, -0.05) is 33.8 Å². The number of nitrogens with zero attached hydrogens (tertiary/aromatic N) is 1. The van der Waals surface area contributed by atoms with Crippen LogP contribution in [0.2, 0.25) is 0 Å². The van der Waals surface area contributed by atoms with E-state index in [9.17, 15) is 14.0 Å². The van der Waals surface area contributed by atoms with E-state index in [1.807, 2.05) is 32.0 Å². The van der Waals surface area contributed by atoms with Crippen LogP contribution in [0.3, 0.4) is 0 Å². The van der Waals surface area contributed by atoms with Crippen LogP contribution in [-0.2, 0) is 17.6 Å². The molecule has 0 radical (unpaired) electrons. The van der Waals surface area contributed by atoms with Crippen molar-refractivity contribution in [3.05, 3.63) is 58.9 Å². The van der Waals surface area contributed by atoms with Gasteiger partial charge in [0.1, 0.15) is 5.82 Å². The summed E-state index contributed by atoms with van der Waals surface area (Å²) >= 11 is 0. The van der Waals surface area contributed by atoms with E-state index in [0.29, 0.717) is 41.7 Å². The van der Waals surface area contributed by atoms with Crippen molar-refractivity contribution < 1.29 is 14.0 Å². The fourth-order valence-corrected chi connectivity index (χ4v) is 5.18. The number of fused-ring (bicyclic) bond motifs is 1. The minimum Gasteiger partial charge on any atom is -0.326 e. The highest BCUT2D eigenvalue weighted by Crippen LogP contribution is 2.38. The first-order valence-electron chi connectivity index (χ1n) is 12.3. The van der Waals surface area contributed by atoms with Crippen molar-refractivity contribution in [2.75, 3.05) is 16.8 Å². The maximum atomic E-state index is 15.0. The predicted molar refractivity (Wildman–Crippen MR) is 131 cm³/mol. The van der Waals surface area contributed by atoms with Gasteiger partial charge in [-0.25, -0.2) is 4.39 Å². The van der Waals surface area contributed by atoms with Crippen molar-refractivity contribution in [3.8, 4) is 0 Å². The second-order valence-electron chi connectivity index (χ2n) is 10.4. The molecule has 4 rings (SSSR count). The number of rotatable bonds is 6. The van der Waals surface area contributed by atoms with Gasteiger partial charge in [0.15, 0.2) is 0 Å². The average molecular weight is 451 g/mol. The van der Waals surface area contributed by atoms with Crippen LogP contribution >= 0.6 is 0 Å². The van der Waals surface area contributed by atoms with E-state index in [1.54, 1.807) is 17.0 Å². The number of nitrogens with one attached hydrogen (secondary N) is 1. The van der Waals surface area contributed by atoms with Crippen LogP contribution in [0, 0.1) is 29.5 Å². The van der Waals surface area contributed by atoms with Gasteiger partial charge in [-0.15, -0.1) is 0 Å². The van der Waals surface area contributed by atoms with Crippen LogP contribution in [0.15, 0.2) is 36.4 Å². The third-order valence-corrected chi connectivity index (χ3v) is 7.36. The van der Waals surface area contributed by atoms with Gasteiger partial charge in [-0.3, -0.25) is 9.59 Å². The maximum absolute atomic E-state index is 15.0. The first-order chi connectivity index (χ1) is 15.7. The fraction of sp³-hybridized carbons (Fsp3) is 0.500. The van der Waals surface area contributed by atoms with Crippen LogP contribution in [0.25, 0.3) is 0 Å². The molecule has 1 heterocycles. The quantitative estimate of drug-likeness (QED) is 0.566. The molecule has 1 N–H and O–H groups in total. The predicted octanol–water partition coefficient (Wildman–Crippen LogP) is 6.24. The van der Waals surface area contributed by atoms with Gasteiger partial charge in [0.25, 0.3) is 5.91 Å². The lowest BCUT2D eigenvalue weighted by Gasteiger charge is -2.29. The molecule has 4 nitrogen and oxygen atoms in total. The van der Waals surface area contributed by atoms with Crippen molar-refractivity contribution in [2.24, 2.45) is 23.7 Å². The summed E-state index contributed by atoms with van der Waals surface area (Å²) < 4.78 is 15.0. The summed E-state index contributed by atoms with van der Waals surface area (Å²) in [6, 6.07) is 10.7. The van der Waals surface area contributed by atoms with Gasteiger partial charge in [0.2, 0.25) is 5.91 Å². The zero-order valence-corrected chi connectivity index (χ0v) is 20.2. The van der Waals surface area contributed by atoms with Crippen LogP contribution in [0.1, 0.15) is 68.4 Å². The van der Waals surface area contributed by atoms with Gasteiger partial charge in [0, 0.05) is 29.4 Å². The molecule has 0 spiro atoms. The molecule has 1 fully saturated rings. The monoisotopic (exact) mass is 450 g/mol. The lowest BCUT2D eigenvalue weighted by atomic mass is 9.91. The summed E-state index contributed by atoms with van der Waals surface area (Å²) in [5.74, 6) is 1.49. The Labute approximate surface area is 196 Å². The maximum Gasteiger partial charge on any atom is 0.258 e. The zero-order chi connectivity index (χ0) is 23.7. The first kappa shape index (κ1) is 23.5. The third-order valence-electron chi connectivity index (χ3n) is 7.36. The molecule has 1 saturated carbocycles. The number of benzene rings is 2. The number of hydrogen-bond donors (Lipinski definition) is 1. The van der Waals surface area contributed by atoms with Gasteiger partial charge < -0.3 is 10.2 Å². The molecule has 5 heteroatoms. The molecule has 0 saturated heterocycles. The highest BCUT2D eigenvalue weighted by atomic mass is 19.1. The second-order valence-corrected chi connectivity index (χ2v) is 10.4. The summed E-state index contributed by atoms with van der Waals surface area (Å²) in [6.07, 6.45) is 5.03. The number of amides is 2. The van der Waals surface area contributed by atoms with Crippen LogP contribution < -0.4 is 10.2 Å². The molecule has 2 aromatic carbocycles. The minimum absolute atomic E-state index is 0.0494. The highest BCUT2D eigenvalue weighted by molar-refractivity contribution is 6.08. The summed E-state index contributed by atoms with van der Waals surface area (Å²) in [7, 11) is 0. The normalized spacial score (nSPS) is 20.5. The Bertz CT molecular complexity index is 1050. The van der Waals surface area contributed by atoms with Crippen LogP contribution in [0.5, 0.6) is 0 Å². The smallest absolute Gasteiger partial charge is 0.258 e. The Morgan fingerprint density at radius 3 is 2.58 bits per heavy atom. The second kappa shape index (κ2) is 9.66. The molecule has 0 aromatic heterocycles. The number of halogens is 1. The molecule has 1 aliphatic carbocycles. The number of hydrogen-bond acceptors (Lipinski definition) is 2.